The molecule has 0 aliphatic rings. The summed E-state index contributed by atoms with van der Waals surface area (Å²) in [5.41, 5.74) is 1.42. The quantitative estimate of drug-likeness (QED) is 0.315. The van der Waals surface area contributed by atoms with Gasteiger partial charge in [-0.25, -0.2) is 0 Å². The van der Waals surface area contributed by atoms with Crippen molar-refractivity contribution in [3.8, 4) is 0 Å². The van der Waals surface area contributed by atoms with E-state index >= 15 is 0 Å². The molecule has 0 saturated heterocycles. The van der Waals surface area contributed by atoms with Gasteiger partial charge in [-0.15, -0.1) is 0 Å². The van der Waals surface area contributed by atoms with Crippen LogP contribution in [0, 0.1) is 0 Å². The third-order valence-electron chi connectivity index (χ3n) is 4.30. The van der Waals surface area contributed by atoms with E-state index in [1.807, 2.05) is 0 Å². The maximum absolute atomic E-state index is 6.60. The van der Waals surface area contributed by atoms with E-state index in [4.69, 9.17) is 4.43 Å². The van der Waals surface area contributed by atoms with Crippen molar-refractivity contribution in [3.05, 3.63) is 35.9 Å². The smallest absolute Gasteiger partial charge is 0.192 e. The van der Waals surface area contributed by atoms with Crippen molar-refractivity contribution < 1.29 is 4.43 Å². The fourth-order valence-electron chi connectivity index (χ4n) is 1.95. The number of hydrogen-bond acceptors (Lipinski definition) is 1. The van der Waals surface area contributed by atoms with Gasteiger partial charge >= 0.3 is 0 Å². The van der Waals surface area contributed by atoms with Gasteiger partial charge in [0.25, 0.3) is 0 Å². The maximum atomic E-state index is 6.60. The van der Waals surface area contributed by atoms with E-state index in [1.165, 1.54) is 16.4 Å². The number of rotatable bonds is 7. The minimum Gasteiger partial charge on any atom is -0.414 e. The second-order valence-electron chi connectivity index (χ2n) is 7.00. The Morgan fingerprint density at radius 3 is 2.20 bits per heavy atom. The Labute approximate surface area is 139 Å². The number of alkyl halides is 1. The van der Waals surface area contributed by atoms with E-state index in [0.29, 0.717) is 11.1 Å². The third-order valence-corrected chi connectivity index (χ3v) is 9.45. The largest absolute Gasteiger partial charge is 0.414 e. The normalized spacial score (nSPS) is 14.3. The molecular weight excluding hydrogens is 375 g/mol. The van der Waals surface area contributed by atoms with E-state index in [1.54, 1.807) is 0 Å². The number of benzene rings is 1. The highest BCUT2D eigenvalue weighted by atomic mass is 127. The van der Waals surface area contributed by atoms with Crippen LogP contribution in [0.3, 0.4) is 0 Å². The first-order chi connectivity index (χ1) is 9.26. The van der Waals surface area contributed by atoms with Crippen LogP contribution in [-0.2, 0) is 10.8 Å². The summed E-state index contributed by atoms with van der Waals surface area (Å²) in [4.78, 5) is 0. The lowest BCUT2D eigenvalue weighted by molar-refractivity contribution is 0.169. The summed E-state index contributed by atoms with van der Waals surface area (Å²) in [5, 5.41) is 0.295. The highest BCUT2D eigenvalue weighted by Crippen LogP contribution is 2.38. The van der Waals surface area contributed by atoms with Crippen LogP contribution in [0.15, 0.2) is 30.3 Å². The highest BCUT2D eigenvalue weighted by molar-refractivity contribution is 14.1. The number of hydrogen-bond donors (Lipinski definition) is 0. The molecule has 0 radical (unpaired) electrons. The van der Waals surface area contributed by atoms with E-state index in [0.717, 1.165) is 12.8 Å². The zero-order valence-corrected chi connectivity index (χ0v) is 16.7. The van der Waals surface area contributed by atoms with Crippen LogP contribution in [0.5, 0.6) is 0 Å². The molecule has 0 spiro atoms. The van der Waals surface area contributed by atoms with Gasteiger partial charge in [-0.1, -0.05) is 73.7 Å². The predicted octanol–water partition coefficient (Wildman–Crippen LogP) is 5.83. The Hall–Kier alpha value is 0.127. The lowest BCUT2D eigenvalue weighted by Gasteiger charge is -2.39. The van der Waals surface area contributed by atoms with E-state index < -0.39 is 8.32 Å². The molecule has 0 N–H and O–H groups in total. The third kappa shape index (κ3) is 5.86. The molecule has 0 aliphatic carbocycles. The van der Waals surface area contributed by atoms with E-state index in [9.17, 15) is 0 Å². The molecule has 3 heteroatoms. The highest BCUT2D eigenvalue weighted by Gasteiger charge is 2.38. The van der Waals surface area contributed by atoms with Crippen LogP contribution in [0.2, 0.25) is 18.1 Å². The van der Waals surface area contributed by atoms with Gasteiger partial charge < -0.3 is 4.43 Å². The molecule has 0 fully saturated rings. The molecule has 114 valence electrons. The van der Waals surface area contributed by atoms with Gasteiger partial charge in [0.05, 0.1) is 0 Å². The second-order valence-corrected chi connectivity index (χ2v) is 12.8. The summed E-state index contributed by atoms with van der Waals surface area (Å²) in [6.07, 6.45) is 3.84. The van der Waals surface area contributed by atoms with E-state index in [-0.39, 0.29) is 0 Å². The first-order valence-electron chi connectivity index (χ1n) is 7.54. The fraction of sp³-hybridized carbons (Fsp3) is 0.647. The van der Waals surface area contributed by atoms with E-state index in [2.05, 4.69) is 86.8 Å². The molecule has 0 heterocycles. The average molecular weight is 404 g/mol. The van der Waals surface area contributed by atoms with Crippen LogP contribution in [0.1, 0.15) is 39.2 Å². The molecule has 1 rings (SSSR count). The minimum atomic E-state index is -1.65. The average Bonchev–Trinajstić information content (AvgIpc) is 2.36. The Kier molecular flexibility index (Phi) is 7.22. The molecule has 1 atom stereocenters. The van der Waals surface area contributed by atoms with Crippen molar-refractivity contribution in [2.24, 2.45) is 0 Å². The zero-order chi connectivity index (χ0) is 15.2. The molecule has 0 aliphatic heterocycles. The van der Waals surface area contributed by atoms with Gasteiger partial charge in [-0.2, -0.15) is 0 Å². The minimum absolute atomic E-state index is 0.295. The standard InChI is InChI=1S/C17H29IOSi/c1-17(2,3)20(4,5)19-16(13-14-18)12-11-15-9-7-6-8-10-15/h6-10,16H,11-14H2,1-5H3/t16-/m1/s1. The van der Waals surface area contributed by atoms with Crippen LogP contribution < -0.4 is 0 Å². The summed E-state index contributed by atoms with van der Waals surface area (Å²) in [5.74, 6) is 0. The lowest BCUT2D eigenvalue weighted by Crippen LogP contribution is -2.44. The summed E-state index contributed by atoms with van der Waals surface area (Å²) >= 11 is 2.46. The SMILES string of the molecule is CC(C)(C)[Si](C)(C)O[C@@H](CCI)CCc1ccccc1. The number of aryl methyl sites for hydroxylation is 1. The van der Waals surface area contributed by atoms with Crippen molar-refractivity contribution in [3.63, 3.8) is 0 Å². The number of halogens is 1. The van der Waals surface area contributed by atoms with Gasteiger partial charge in [0, 0.05) is 10.5 Å². The molecule has 1 aromatic rings. The van der Waals surface area contributed by atoms with Crippen LogP contribution in [0.4, 0.5) is 0 Å². The fourth-order valence-corrected chi connectivity index (χ4v) is 4.07. The maximum Gasteiger partial charge on any atom is 0.192 e. The van der Waals surface area contributed by atoms with Crippen molar-refractivity contribution in [2.75, 3.05) is 4.43 Å². The zero-order valence-electron chi connectivity index (χ0n) is 13.6. The molecule has 0 unspecified atom stereocenters. The summed E-state index contributed by atoms with van der Waals surface area (Å²) in [6, 6.07) is 10.8. The van der Waals surface area contributed by atoms with Crippen molar-refractivity contribution >= 4 is 30.9 Å². The Balaban J connectivity index is 2.61. The topological polar surface area (TPSA) is 9.23 Å². The molecular formula is C17H29IOSi. The lowest BCUT2D eigenvalue weighted by atomic mass is 10.1. The molecule has 0 bridgehead atoms. The predicted molar refractivity (Wildman–Crippen MR) is 100 cm³/mol. The van der Waals surface area contributed by atoms with Crippen LogP contribution in [0.25, 0.3) is 0 Å². The van der Waals surface area contributed by atoms with Gasteiger partial charge in [0.2, 0.25) is 0 Å². The monoisotopic (exact) mass is 404 g/mol. The first-order valence-corrected chi connectivity index (χ1v) is 12.0. The first kappa shape index (κ1) is 18.2. The second kappa shape index (κ2) is 7.94. The van der Waals surface area contributed by atoms with Gasteiger partial charge in [-0.05, 0) is 43.0 Å². The molecule has 0 amide bonds. The summed E-state index contributed by atoms with van der Waals surface area (Å²) in [6.45, 7) is 11.7. The molecule has 0 aromatic heterocycles. The van der Waals surface area contributed by atoms with Gasteiger partial charge in [-0.3, -0.25) is 0 Å². The van der Waals surface area contributed by atoms with Crippen molar-refractivity contribution in [1.82, 2.24) is 0 Å². The Bertz CT molecular complexity index is 384. The molecule has 1 nitrogen and oxygen atoms in total. The Morgan fingerprint density at radius 2 is 1.70 bits per heavy atom. The molecule has 1 aromatic carbocycles. The van der Waals surface area contributed by atoms with Gasteiger partial charge in [0.1, 0.15) is 0 Å². The molecule has 20 heavy (non-hydrogen) atoms. The van der Waals surface area contributed by atoms with Crippen LogP contribution in [-0.4, -0.2) is 18.8 Å². The Morgan fingerprint density at radius 1 is 1.10 bits per heavy atom. The van der Waals surface area contributed by atoms with Gasteiger partial charge in [0.15, 0.2) is 8.32 Å². The van der Waals surface area contributed by atoms with Crippen LogP contribution >= 0.6 is 22.6 Å². The summed E-state index contributed by atoms with van der Waals surface area (Å²) in [7, 11) is -1.65. The molecule has 0 saturated carbocycles. The van der Waals surface area contributed by atoms with Crippen molar-refractivity contribution in [1.29, 1.82) is 0 Å². The summed E-state index contributed by atoms with van der Waals surface area (Å²) < 4.78 is 7.77. The van der Waals surface area contributed by atoms with Crippen molar-refractivity contribution in [2.45, 2.75) is 64.3 Å².